The molecule has 0 amide bonds. The Morgan fingerprint density at radius 3 is 2.55 bits per heavy atom. The highest BCUT2D eigenvalue weighted by Crippen LogP contribution is 2.25. The lowest BCUT2D eigenvalue weighted by molar-refractivity contribution is 0.585. The largest absolute Gasteiger partial charge is 0.354 e. The zero-order chi connectivity index (χ0) is 13.9. The van der Waals surface area contributed by atoms with Crippen LogP contribution in [0.25, 0.3) is 11.1 Å². The maximum atomic E-state index is 4.65. The Hall–Kier alpha value is -1.87. The smallest absolute Gasteiger partial charge is 0.128 e. The standard InChI is InChI=1S/C17H21N3/c1-13-3-4-14(2)16(11-13)15-5-6-17(19-12-15)20-9-7-18-8-10-20/h3-6,11-12,18H,7-10H2,1-2H3. The van der Waals surface area contributed by atoms with E-state index in [0.717, 1.165) is 32.0 Å². The summed E-state index contributed by atoms with van der Waals surface area (Å²) in [4.78, 5) is 6.98. The van der Waals surface area contributed by atoms with Crippen LogP contribution in [0, 0.1) is 13.8 Å². The fourth-order valence-corrected chi connectivity index (χ4v) is 2.67. The molecule has 0 bridgehead atoms. The highest BCUT2D eigenvalue weighted by atomic mass is 15.2. The van der Waals surface area contributed by atoms with E-state index in [1.807, 2.05) is 6.20 Å². The average molecular weight is 267 g/mol. The van der Waals surface area contributed by atoms with Gasteiger partial charge in [-0.25, -0.2) is 4.98 Å². The summed E-state index contributed by atoms with van der Waals surface area (Å²) in [5.74, 6) is 1.08. The van der Waals surface area contributed by atoms with Gasteiger partial charge in [-0.2, -0.15) is 0 Å². The fraction of sp³-hybridized carbons (Fsp3) is 0.353. The van der Waals surface area contributed by atoms with Crippen LogP contribution in [0.4, 0.5) is 5.82 Å². The molecule has 1 aliphatic heterocycles. The molecular formula is C17H21N3. The van der Waals surface area contributed by atoms with Gasteiger partial charge in [0, 0.05) is 37.9 Å². The minimum absolute atomic E-state index is 1.04. The van der Waals surface area contributed by atoms with Crippen molar-refractivity contribution in [2.24, 2.45) is 0 Å². The first-order valence-electron chi connectivity index (χ1n) is 7.23. The molecule has 1 fully saturated rings. The number of anilines is 1. The number of aromatic nitrogens is 1. The molecule has 104 valence electrons. The van der Waals surface area contributed by atoms with Crippen LogP contribution in [0.5, 0.6) is 0 Å². The lowest BCUT2D eigenvalue weighted by Gasteiger charge is -2.28. The molecule has 3 heteroatoms. The van der Waals surface area contributed by atoms with Crippen LogP contribution >= 0.6 is 0 Å². The third-order valence-electron chi connectivity index (χ3n) is 3.89. The van der Waals surface area contributed by atoms with Gasteiger partial charge in [-0.05, 0) is 37.1 Å². The van der Waals surface area contributed by atoms with Gasteiger partial charge in [-0.1, -0.05) is 23.8 Å². The van der Waals surface area contributed by atoms with E-state index in [-0.39, 0.29) is 0 Å². The van der Waals surface area contributed by atoms with Gasteiger partial charge in [0.2, 0.25) is 0 Å². The first kappa shape index (κ1) is 13.1. The van der Waals surface area contributed by atoms with E-state index in [1.54, 1.807) is 0 Å². The average Bonchev–Trinajstić information content (AvgIpc) is 2.51. The van der Waals surface area contributed by atoms with Gasteiger partial charge < -0.3 is 10.2 Å². The second-order valence-electron chi connectivity index (χ2n) is 5.46. The minimum Gasteiger partial charge on any atom is -0.354 e. The summed E-state index contributed by atoms with van der Waals surface area (Å²) in [6, 6.07) is 10.9. The maximum absolute atomic E-state index is 4.65. The highest BCUT2D eigenvalue weighted by molar-refractivity contribution is 5.68. The van der Waals surface area contributed by atoms with Crippen LogP contribution < -0.4 is 10.2 Å². The number of nitrogens with one attached hydrogen (secondary N) is 1. The van der Waals surface area contributed by atoms with Gasteiger partial charge in [0.05, 0.1) is 0 Å². The quantitative estimate of drug-likeness (QED) is 0.907. The molecule has 1 aromatic heterocycles. The second-order valence-corrected chi connectivity index (χ2v) is 5.46. The van der Waals surface area contributed by atoms with Crippen LogP contribution in [0.1, 0.15) is 11.1 Å². The molecule has 0 spiro atoms. The Labute approximate surface area is 120 Å². The van der Waals surface area contributed by atoms with Crippen LogP contribution in [0.2, 0.25) is 0 Å². The molecule has 3 nitrogen and oxygen atoms in total. The van der Waals surface area contributed by atoms with Crippen molar-refractivity contribution < 1.29 is 0 Å². The molecule has 0 unspecified atom stereocenters. The van der Waals surface area contributed by atoms with Crippen molar-refractivity contribution in [3.8, 4) is 11.1 Å². The third kappa shape index (κ3) is 2.68. The summed E-state index contributed by atoms with van der Waals surface area (Å²) < 4.78 is 0. The van der Waals surface area contributed by atoms with E-state index < -0.39 is 0 Å². The summed E-state index contributed by atoms with van der Waals surface area (Å²) in [7, 11) is 0. The monoisotopic (exact) mass is 267 g/mol. The Kier molecular flexibility index (Phi) is 3.70. The number of pyridine rings is 1. The molecule has 2 heterocycles. The van der Waals surface area contributed by atoms with Crippen molar-refractivity contribution in [2.75, 3.05) is 31.1 Å². The summed E-state index contributed by atoms with van der Waals surface area (Å²) >= 11 is 0. The Balaban J connectivity index is 1.87. The summed E-state index contributed by atoms with van der Waals surface area (Å²) in [6.07, 6.45) is 2.00. The number of benzene rings is 1. The molecule has 1 saturated heterocycles. The topological polar surface area (TPSA) is 28.2 Å². The number of aryl methyl sites for hydroxylation is 2. The molecule has 20 heavy (non-hydrogen) atoms. The maximum Gasteiger partial charge on any atom is 0.128 e. The molecule has 3 rings (SSSR count). The SMILES string of the molecule is Cc1ccc(C)c(-c2ccc(N3CCNCC3)nc2)c1. The van der Waals surface area contributed by atoms with Crippen molar-refractivity contribution in [1.29, 1.82) is 0 Å². The van der Waals surface area contributed by atoms with E-state index in [4.69, 9.17) is 0 Å². The van der Waals surface area contributed by atoms with E-state index in [1.165, 1.54) is 22.3 Å². The van der Waals surface area contributed by atoms with Gasteiger partial charge in [-0.3, -0.25) is 0 Å². The van der Waals surface area contributed by atoms with Gasteiger partial charge in [0.1, 0.15) is 5.82 Å². The Morgan fingerprint density at radius 1 is 1.05 bits per heavy atom. The molecule has 0 radical (unpaired) electrons. The molecule has 1 N–H and O–H groups in total. The summed E-state index contributed by atoms with van der Waals surface area (Å²) in [6.45, 7) is 8.44. The van der Waals surface area contributed by atoms with Gasteiger partial charge in [-0.15, -0.1) is 0 Å². The molecule has 0 aliphatic carbocycles. The number of nitrogens with zero attached hydrogens (tertiary/aromatic N) is 2. The number of piperazine rings is 1. The molecule has 1 aliphatic rings. The number of hydrogen-bond acceptors (Lipinski definition) is 3. The molecule has 1 aromatic carbocycles. The summed E-state index contributed by atoms with van der Waals surface area (Å²) in [5, 5.41) is 3.37. The lowest BCUT2D eigenvalue weighted by Crippen LogP contribution is -2.43. The minimum atomic E-state index is 1.04. The normalized spacial score (nSPS) is 15.4. The fourth-order valence-electron chi connectivity index (χ4n) is 2.67. The van der Waals surface area contributed by atoms with Crippen molar-refractivity contribution in [3.63, 3.8) is 0 Å². The van der Waals surface area contributed by atoms with Crippen molar-refractivity contribution in [1.82, 2.24) is 10.3 Å². The summed E-state index contributed by atoms with van der Waals surface area (Å²) in [5.41, 5.74) is 5.07. The van der Waals surface area contributed by atoms with Crippen LogP contribution in [0.3, 0.4) is 0 Å². The van der Waals surface area contributed by atoms with E-state index in [0.29, 0.717) is 0 Å². The van der Waals surface area contributed by atoms with E-state index in [2.05, 4.69) is 59.4 Å². The van der Waals surface area contributed by atoms with E-state index in [9.17, 15) is 0 Å². The number of rotatable bonds is 2. The predicted molar refractivity (Wildman–Crippen MR) is 84.2 cm³/mol. The van der Waals surface area contributed by atoms with Crippen LogP contribution in [-0.4, -0.2) is 31.2 Å². The van der Waals surface area contributed by atoms with Crippen LogP contribution in [0.15, 0.2) is 36.5 Å². The zero-order valence-electron chi connectivity index (χ0n) is 12.2. The molecule has 2 aromatic rings. The third-order valence-corrected chi connectivity index (χ3v) is 3.89. The molecule has 0 saturated carbocycles. The molecule has 0 atom stereocenters. The van der Waals surface area contributed by atoms with Crippen molar-refractivity contribution in [2.45, 2.75) is 13.8 Å². The zero-order valence-corrected chi connectivity index (χ0v) is 12.2. The van der Waals surface area contributed by atoms with Gasteiger partial charge >= 0.3 is 0 Å². The van der Waals surface area contributed by atoms with Crippen molar-refractivity contribution in [3.05, 3.63) is 47.7 Å². The van der Waals surface area contributed by atoms with Gasteiger partial charge in [0.25, 0.3) is 0 Å². The van der Waals surface area contributed by atoms with Gasteiger partial charge in [0.15, 0.2) is 0 Å². The second kappa shape index (κ2) is 5.63. The lowest BCUT2D eigenvalue weighted by atomic mass is 10.00. The molecular weight excluding hydrogens is 246 g/mol. The number of hydrogen-bond donors (Lipinski definition) is 1. The first-order chi connectivity index (χ1) is 9.74. The van der Waals surface area contributed by atoms with E-state index >= 15 is 0 Å². The Bertz CT molecular complexity index is 584. The Morgan fingerprint density at radius 2 is 1.85 bits per heavy atom. The van der Waals surface area contributed by atoms with Crippen molar-refractivity contribution >= 4 is 5.82 Å². The predicted octanol–water partition coefficient (Wildman–Crippen LogP) is 2.78. The van der Waals surface area contributed by atoms with Crippen LogP contribution in [-0.2, 0) is 0 Å². The highest BCUT2D eigenvalue weighted by Gasteiger charge is 2.11. The first-order valence-corrected chi connectivity index (χ1v) is 7.23.